The summed E-state index contributed by atoms with van der Waals surface area (Å²) in [5, 5.41) is 10.1. The molecular weight excluding hydrogens is 252 g/mol. The number of H-pyrrole nitrogens is 2. The van der Waals surface area contributed by atoms with Crippen LogP contribution in [0.3, 0.4) is 0 Å². The molecule has 3 aromatic rings. The molecule has 0 radical (unpaired) electrons. The van der Waals surface area contributed by atoms with E-state index in [4.69, 9.17) is 0 Å². The molecule has 6 nitrogen and oxygen atoms in total. The smallest absolute Gasteiger partial charge is 0.141 e. The van der Waals surface area contributed by atoms with Gasteiger partial charge in [-0.1, -0.05) is 6.07 Å². The summed E-state index contributed by atoms with van der Waals surface area (Å²) in [5.74, 6) is 1.76. The molecule has 0 spiro atoms. The Morgan fingerprint density at radius 1 is 1.30 bits per heavy atom. The van der Waals surface area contributed by atoms with Crippen LogP contribution in [0.5, 0.6) is 0 Å². The van der Waals surface area contributed by atoms with Crippen molar-refractivity contribution in [3.8, 4) is 0 Å². The highest BCUT2D eigenvalue weighted by molar-refractivity contribution is 5.79. The number of hydrogen-bond donors (Lipinski definition) is 3. The zero-order chi connectivity index (χ0) is 14.1. The normalized spacial score (nSPS) is 12.9. The van der Waals surface area contributed by atoms with E-state index in [0.717, 1.165) is 22.7 Å². The fraction of sp³-hybridized carbons (Fsp3) is 0.357. The molecule has 0 saturated carbocycles. The first-order chi connectivity index (χ1) is 9.65. The summed E-state index contributed by atoms with van der Waals surface area (Å²) in [6, 6.07) is 4.30. The van der Waals surface area contributed by atoms with Crippen molar-refractivity contribution in [1.82, 2.24) is 30.5 Å². The molecule has 1 atom stereocenters. The van der Waals surface area contributed by atoms with Gasteiger partial charge in [-0.15, -0.1) is 0 Å². The maximum Gasteiger partial charge on any atom is 0.141 e. The van der Waals surface area contributed by atoms with E-state index in [9.17, 15) is 0 Å². The van der Waals surface area contributed by atoms with Gasteiger partial charge in [0.1, 0.15) is 18.0 Å². The minimum absolute atomic E-state index is 0.105. The molecule has 104 valence electrons. The van der Waals surface area contributed by atoms with Gasteiger partial charge in [0.25, 0.3) is 0 Å². The van der Waals surface area contributed by atoms with E-state index in [2.05, 4.69) is 56.4 Å². The van der Waals surface area contributed by atoms with Crippen molar-refractivity contribution < 1.29 is 0 Å². The van der Waals surface area contributed by atoms with Crippen LogP contribution in [-0.4, -0.2) is 25.1 Å². The van der Waals surface area contributed by atoms with E-state index in [1.165, 1.54) is 17.5 Å². The molecule has 2 heterocycles. The van der Waals surface area contributed by atoms with Crippen LogP contribution in [0, 0.1) is 13.8 Å². The van der Waals surface area contributed by atoms with E-state index >= 15 is 0 Å². The molecule has 0 fully saturated rings. The topological polar surface area (TPSA) is 82.3 Å². The molecule has 0 aliphatic rings. The zero-order valence-corrected chi connectivity index (χ0v) is 11.9. The van der Waals surface area contributed by atoms with Gasteiger partial charge in [0, 0.05) is 0 Å². The number of imidazole rings is 1. The number of aromatic amines is 2. The number of hydrogen-bond acceptors (Lipinski definition) is 4. The number of rotatable bonds is 4. The molecule has 3 N–H and O–H groups in total. The van der Waals surface area contributed by atoms with Gasteiger partial charge in [0.15, 0.2) is 0 Å². The highest BCUT2D eigenvalue weighted by Gasteiger charge is 2.10. The van der Waals surface area contributed by atoms with Crippen molar-refractivity contribution in [3.05, 3.63) is 41.2 Å². The van der Waals surface area contributed by atoms with Crippen LogP contribution in [0.25, 0.3) is 11.0 Å². The van der Waals surface area contributed by atoms with Gasteiger partial charge >= 0.3 is 0 Å². The fourth-order valence-corrected chi connectivity index (χ4v) is 2.22. The molecule has 1 unspecified atom stereocenters. The van der Waals surface area contributed by atoms with Crippen LogP contribution in [0.2, 0.25) is 0 Å². The van der Waals surface area contributed by atoms with Crippen molar-refractivity contribution in [1.29, 1.82) is 0 Å². The summed E-state index contributed by atoms with van der Waals surface area (Å²) in [5.41, 5.74) is 4.62. The van der Waals surface area contributed by atoms with E-state index in [1.54, 1.807) is 0 Å². The van der Waals surface area contributed by atoms with Crippen LogP contribution in [-0.2, 0) is 6.54 Å². The zero-order valence-electron chi connectivity index (χ0n) is 11.9. The third kappa shape index (κ3) is 2.30. The Bertz CT molecular complexity index is 713. The van der Waals surface area contributed by atoms with Crippen LogP contribution in [0.4, 0.5) is 0 Å². The van der Waals surface area contributed by atoms with Crippen molar-refractivity contribution >= 4 is 11.0 Å². The summed E-state index contributed by atoms with van der Waals surface area (Å²) in [7, 11) is 0. The third-order valence-electron chi connectivity index (χ3n) is 3.65. The lowest BCUT2D eigenvalue weighted by atomic mass is 10.1. The van der Waals surface area contributed by atoms with Crippen LogP contribution < -0.4 is 5.32 Å². The number of benzene rings is 1. The van der Waals surface area contributed by atoms with E-state index in [0.29, 0.717) is 6.54 Å². The molecule has 20 heavy (non-hydrogen) atoms. The van der Waals surface area contributed by atoms with Crippen molar-refractivity contribution in [3.63, 3.8) is 0 Å². The molecule has 2 aromatic heterocycles. The quantitative estimate of drug-likeness (QED) is 0.678. The summed E-state index contributed by atoms with van der Waals surface area (Å²) < 4.78 is 0. The summed E-state index contributed by atoms with van der Waals surface area (Å²) in [6.07, 6.45) is 1.51. The maximum absolute atomic E-state index is 4.66. The Labute approximate surface area is 117 Å². The second-order valence-electron chi connectivity index (χ2n) is 5.06. The molecule has 0 aliphatic heterocycles. The number of aromatic nitrogens is 5. The van der Waals surface area contributed by atoms with Gasteiger partial charge < -0.3 is 10.3 Å². The lowest BCUT2D eigenvalue weighted by Crippen LogP contribution is -2.19. The van der Waals surface area contributed by atoms with Gasteiger partial charge in [-0.3, -0.25) is 5.10 Å². The van der Waals surface area contributed by atoms with Gasteiger partial charge in [0.05, 0.1) is 23.6 Å². The Balaban J connectivity index is 1.77. The van der Waals surface area contributed by atoms with Crippen LogP contribution in [0.15, 0.2) is 18.5 Å². The van der Waals surface area contributed by atoms with Crippen molar-refractivity contribution in [2.24, 2.45) is 0 Å². The summed E-state index contributed by atoms with van der Waals surface area (Å²) in [6.45, 7) is 6.91. The van der Waals surface area contributed by atoms with Crippen molar-refractivity contribution in [2.45, 2.75) is 33.4 Å². The van der Waals surface area contributed by atoms with Gasteiger partial charge in [-0.2, -0.15) is 5.10 Å². The summed E-state index contributed by atoms with van der Waals surface area (Å²) >= 11 is 0. The van der Waals surface area contributed by atoms with E-state index in [-0.39, 0.29) is 6.04 Å². The largest absolute Gasteiger partial charge is 0.341 e. The van der Waals surface area contributed by atoms with Gasteiger partial charge in [0.2, 0.25) is 0 Å². The second-order valence-corrected chi connectivity index (χ2v) is 5.06. The highest BCUT2D eigenvalue weighted by Crippen LogP contribution is 2.19. The average Bonchev–Trinajstić information content (AvgIpc) is 3.09. The number of aryl methyl sites for hydroxylation is 2. The van der Waals surface area contributed by atoms with Crippen LogP contribution >= 0.6 is 0 Å². The Morgan fingerprint density at radius 2 is 2.15 bits per heavy atom. The predicted octanol–water partition coefficient (Wildman–Crippen LogP) is 2.15. The molecule has 1 aromatic carbocycles. The number of nitrogens with zero attached hydrogens (tertiary/aromatic N) is 3. The fourth-order valence-electron chi connectivity index (χ4n) is 2.22. The van der Waals surface area contributed by atoms with Gasteiger partial charge in [-0.05, 0) is 38.0 Å². The molecule has 6 heteroatoms. The van der Waals surface area contributed by atoms with E-state index in [1.807, 2.05) is 6.92 Å². The highest BCUT2D eigenvalue weighted by atomic mass is 15.2. The molecule has 0 bridgehead atoms. The minimum atomic E-state index is 0.105. The van der Waals surface area contributed by atoms with Crippen molar-refractivity contribution in [2.75, 3.05) is 0 Å². The predicted molar refractivity (Wildman–Crippen MR) is 77.2 cm³/mol. The number of fused-ring (bicyclic) bond motifs is 1. The lowest BCUT2D eigenvalue weighted by Gasteiger charge is -2.08. The van der Waals surface area contributed by atoms with E-state index < -0.39 is 0 Å². The first kappa shape index (κ1) is 12.8. The monoisotopic (exact) mass is 270 g/mol. The first-order valence-corrected chi connectivity index (χ1v) is 6.68. The molecule has 0 aliphatic carbocycles. The molecule has 0 saturated heterocycles. The minimum Gasteiger partial charge on any atom is -0.341 e. The third-order valence-corrected chi connectivity index (χ3v) is 3.65. The molecule has 0 amide bonds. The SMILES string of the molecule is Cc1ccc2[nH]c(CNC(C)c3ncn[nH]3)nc2c1C. The molecule has 3 rings (SSSR count). The Morgan fingerprint density at radius 3 is 2.90 bits per heavy atom. The first-order valence-electron chi connectivity index (χ1n) is 6.68. The lowest BCUT2D eigenvalue weighted by molar-refractivity contribution is 0.538. The number of nitrogens with one attached hydrogen (secondary N) is 3. The average molecular weight is 270 g/mol. The van der Waals surface area contributed by atoms with Crippen LogP contribution in [0.1, 0.15) is 35.7 Å². The standard InChI is InChI=1S/C14H18N6/c1-8-4-5-11-13(9(8)2)19-12(18-11)6-15-10(3)14-16-7-17-20-14/h4-5,7,10,15H,6H2,1-3H3,(H,18,19)(H,16,17,20). The molecular formula is C14H18N6. The second kappa shape index (κ2) is 5.05. The summed E-state index contributed by atoms with van der Waals surface area (Å²) in [4.78, 5) is 12.1. The van der Waals surface area contributed by atoms with Gasteiger partial charge in [-0.25, -0.2) is 9.97 Å². The maximum atomic E-state index is 4.66. The Kier molecular flexibility index (Phi) is 3.23. The Hall–Kier alpha value is -2.21.